The molecule has 1 N–H and O–H groups in total. The molecule has 7 rings (SSSR count). The molecule has 1 amide bonds. The van der Waals surface area contributed by atoms with Crippen molar-refractivity contribution in [2.45, 2.75) is 25.8 Å². The zero-order valence-electron chi connectivity index (χ0n) is 24.0. The molecule has 1 aliphatic heterocycles. The first kappa shape index (κ1) is 26.8. The molecule has 4 heterocycles. The Labute approximate surface area is 247 Å². The molecule has 43 heavy (non-hydrogen) atoms. The molecular formula is C32H31FN8O2. The number of piperazine rings is 1. The Morgan fingerprint density at radius 2 is 1.95 bits per heavy atom. The number of fused-ring (bicyclic) bond motifs is 2. The molecule has 1 saturated carbocycles. The molecule has 0 unspecified atom stereocenters. The van der Waals surface area contributed by atoms with Gasteiger partial charge in [0.15, 0.2) is 5.82 Å². The number of aromatic nitrogens is 5. The van der Waals surface area contributed by atoms with Gasteiger partial charge in [-0.05, 0) is 67.7 Å². The van der Waals surface area contributed by atoms with Crippen molar-refractivity contribution < 1.29 is 13.9 Å². The zero-order valence-corrected chi connectivity index (χ0v) is 24.0. The summed E-state index contributed by atoms with van der Waals surface area (Å²) in [5.41, 5.74) is 3.96. The van der Waals surface area contributed by atoms with E-state index in [1.807, 2.05) is 53.8 Å². The highest BCUT2D eigenvalue weighted by Crippen LogP contribution is 2.38. The third-order valence-corrected chi connectivity index (χ3v) is 8.28. The summed E-state index contributed by atoms with van der Waals surface area (Å²) < 4.78 is 23.4. The number of carbonyl (C=O) groups excluding carboxylic acids is 1. The van der Waals surface area contributed by atoms with Gasteiger partial charge in [0.25, 0.3) is 0 Å². The van der Waals surface area contributed by atoms with Crippen molar-refractivity contribution in [2.24, 2.45) is 13.0 Å². The highest BCUT2D eigenvalue weighted by atomic mass is 19.1. The van der Waals surface area contributed by atoms with Crippen LogP contribution in [-0.2, 0) is 11.8 Å². The van der Waals surface area contributed by atoms with Gasteiger partial charge in [0.2, 0.25) is 5.91 Å². The van der Waals surface area contributed by atoms with Crippen molar-refractivity contribution >= 4 is 45.3 Å². The fraction of sp³-hybridized carbons (Fsp3) is 0.281. The minimum absolute atomic E-state index is 0.0223. The molecule has 3 aromatic heterocycles. The van der Waals surface area contributed by atoms with Crippen molar-refractivity contribution in [1.82, 2.24) is 29.4 Å². The second kappa shape index (κ2) is 10.6. The summed E-state index contributed by atoms with van der Waals surface area (Å²) in [6.45, 7) is 7.50. The molecule has 1 atom stereocenters. The number of rotatable bonds is 7. The van der Waals surface area contributed by atoms with Crippen LogP contribution in [0.4, 0.5) is 21.7 Å². The molecule has 0 bridgehead atoms. The molecular weight excluding hydrogens is 547 g/mol. The number of aryl methyl sites for hydroxylation is 2. The predicted octanol–water partition coefficient (Wildman–Crippen LogP) is 5.51. The molecule has 2 fully saturated rings. The van der Waals surface area contributed by atoms with Crippen molar-refractivity contribution in [3.63, 3.8) is 0 Å². The highest BCUT2D eigenvalue weighted by molar-refractivity contribution is 5.89. The number of halogens is 1. The smallest absolute Gasteiger partial charge is 0.246 e. The predicted molar refractivity (Wildman–Crippen MR) is 163 cm³/mol. The summed E-state index contributed by atoms with van der Waals surface area (Å²) >= 11 is 0. The van der Waals surface area contributed by atoms with E-state index < -0.39 is 5.82 Å². The minimum Gasteiger partial charge on any atom is -0.457 e. The van der Waals surface area contributed by atoms with Crippen LogP contribution in [-0.4, -0.2) is 61.0 Å². The number of pyridine rings is 1. The molecule has 2 aromatic carbocycles. The molecule has 5 aromatic rings. The fourth-order valence-corrected chi connectivity index (χ4v) is 5.79. The number of imidazole rings is 1. The van der Waals surface area contributed by atoms with E-state index in [-0.39, 0.29) is 17.6 Å². The maximum Gasteiger partial charge on any atom is 0.246 e. The van der Waals surface area contributed by atoms with Crippen LogP contribution < -0.4 is 15.0 Å². The first-order valence-corrected chi connectivity index (χ1v) is 14.3. The standard InChI is InChI=1S/C32H31FN8O2/c1-4-30(42)41-12-11-40(16-27(41)20-5-6-20)29-10-8-23-31(38-29)32(35-17-34-23)37-24-13-19(2)28(15-22(24)33)43-21-7-9-26-25(14-21)36-18-39(26)3/h4,7-10,13-15,17-18,20,27H,1,5-6,11-12,16H2,2-3H3,(H,34,35,37)/t27-/m1/s1. The van der Waals surface area contributed by atoms with E-state index in [1.165, 1.54) is 18.5 Å². The number of nitrogens with zero attached hydrogens (tertiary/aromatic N) is 7. The number of hydrogen-bond donors (Lipinski definition) is 1. The summed E-state index contributed by atoms with van der Waals surface area (Å²) in [5.74, 6) is 2.15. The van der Waals surface area contributed by atoms with Gasteiger partial charge in [0.05, 0.1) is 34.6 Å². The summed E-state index contributed by atoms with van der Waals surface area (Å²) in [5, 5.41) is 3.13. The van der Waals surface area contributed by atoms with E-state index in [4.69, 9.17) is 9.72 Å². The van der Waals surface area contributed by atoms with Crippen molar-refractivity contribution in [3.05, 3.63) is 79.2 Å². The topological polar surface area (TPSA) is 101 Å². The van der Waals surface area contributed by atoms with Gasteiger partial charge < -0.3 is 24.4 Å². The van der Waals surface area contributed by atoms with Gasteiger partial charge in [-0.3, -0.25) is 4.79 Å². The highest BCUT2D eigenvalue weighted by Gasteiger charge is 2.40. The number of nitrogens with one attached hydrogen (secondary N) is 1. The van der Waals surface area contributed by atoms with E-state index in [9.17, 15) is 4.79 Å². The molecule has 10 nitrogen and oxygen atoms in total. The average Bonchev–Trinajstić information content (AvgIpc) is 3.81. The van der Waals surface area contributed by atoms with Gasteiger partial charge in [-0.25, -0.2) is 24.3 Å². The third-order valence-electron chi connectivity index (χ3n) is 8.28. The lowest BCUT2D eigenvalue weighted by Gasteiger charge is -2.42. The van der Waals surface area contributed by atoms with Gasteiger partial charge in [0, 0.05) is 38.8 Å². The fourth-order valence-electron chi connectivity index (χ4n) is 5.79. The summed E-state index contributed by atoms with van der Waals surface area (Å²) in [4.78, 5) is 34.7. The van der Waals surface area contributed by atoms with Gasteiger partial charge in [-0.15, -0.1) is 0 Å². The Balaban J connectivity index is 1.14. The van der Waals surface area contributed by atoms with Crippen molar-refractivity contribution in [2.75, 3.05) is 29.9 Å². The minimum atomic E-state index is -0.488. The lowest BCUT2D eigenvalue weighted by atomic mass is 10.1. The Bertz CT molecular complexity index is 1880. The van der Waals surface area contributed by atoms with E-state index in [2.05, 4.69) is 31.7 Å². The van der Waals surface area contributed by atoms with Crippen molar-refractivity contribution in [1.29, 1.82) is 0 Å². The van der Waals surface area contributed by atoms with E-state index in [0.29, 0.717) is 53.9 Å². The van der Waals surface area contributed by atoms with Crippen LogP contribution in [0.5, 0.6) is 11.5 Å². The van der Waals surface area contributed by atoms with Crippen LogP contribution in [0, 0.1) is 18.7 Å². The van der Waals surface area contributed by atoms with Gasteiger partial charge in [-0.2, -0.15) is 0 Å². The van der Waals surface area contributed by atoms with E-state index >= 15 is 4.39 Å². The van der Waals surface area contributed by atoms with E-state index in [0.717, 1.165) is 35.3 Å². The number of ether oxygens (including phenoxy) is 1. The monoisotopic (exact) mass is 578 g/mol. The molecule has 1 saturated heterocycles. The van der Waals surface area contributed by atoms with Gasteiger partial charge >= 0.3 is 0 Å². The molecule has 0 radical (unpaired) electrons. The number of hydrogen-bond acceptors (Lipinski definition) is 8. The van der Waals surface area contributed by atoms with Crippen molar-refractivity contribution in [3.8, 4) is 11.5 Å². The maximum absolute atomic E-state index is 15.4. The SMILES string of the molecule is C=CC(=O)N1CCN(c2ccc3ncnc(Nc4cc(C)c(Oc5ccc6c(c5)ncn6C)cc4F)c3n2)C[C@@H]1C1CC1. The zero-order chi connectivity index (χ0) is 29.7. The molecule has 11 heteroatoms. The Morgan fingerprint density at radius 3 is 2.77 bits per heavy atom. The summed E-state index contributed by atoms with van der Waals surface area (Å²) in [7, 11) is 1.93. The second-order valence-electron chi connectivity index (χ2n) is 11.2. The Kier molecular flexibility index (Phi) is 6.64. The average molecular weight is 579 g/mol. The molecule has 1 aliphatic carbocycles. The first-order chi connectivity index (χ1) is 20.9. The number of carbonyl (C=O) groups is 1. The summed E-state index contributed by atoms with van der Waals surface area (Å²) in [6.07, 6.45) is 6.83. The molecule has 0 spiro atoms. The first-order valence-electron chi connectivity index (χ1n) is 14.3. The molecule has 218 valence electrons. The Hall–Kier alpha value is -5.06. The lowest BCUT2D eigenvalue weighted by Crippen LogP contribution is -2.56. The summed E-state index contributed by atoms with van der Waals surface area (Å²) in [6, 6.07) is 12.6. The third kappa shape index (κ3) is 5.11. The van der Waals surface area contributed by atoms with Gasteiger partial charge in [-0.1, -0.05) is 6.58 Å². The normalized spacial score (nSPS) is 17.0. The van der Waals surface area contributed by atoms with Crippen LogP contribution in [0.2, 0.25) is 0 Å². The largest absolute Gasteiger partial charge is 0.457 e. The maximum atomic E-state index is 15.4. The lowest BCUT2D eigenvalue weighted by molar-refractivity contribution is -0.129. The van der Waals surface area contributed by atoms with Crippen LogP contribution in [0.3, 0.4) is 0 Å². The van der Waals surface area contributed by atoms with Gasteiger partial charge in [0.1, 0.15) is 35.0 Å². The number of benzene rings is 2. The quantitative estimate of drug-likeness (QED) is 0.253. The Morgan fingerprint density at radius 1 is 1.09 bits per heavy atom. The van der Waals surface area contributed by atoms with Crippen LogP contribution >= 0.6 is 0 Å². The number of anilines is 3. The molecule has 2 aliphatic rings. The van der Waals surface area contributed by atoms with Crippen LogP contribution in [0.25, 0.3) is 22.1 Å². The van der Waals surface area contributed by atoms with Crippen LogP contribution in [0.15, 0.2) is 67.8 Å². The van der Waals surface area contributed by atoms with E-state index in [1.54, 1.807) is 12.4 Å². The van der Waals surface area contributed by atoms with Crippen LogP contribution in [0.1, 0.15) is 18.4 Å². The second-order valence-corrected chi connectivity index (χ2v) is 11.2. The number of amides is 1.